The molecule has 0 spiro atoms. The normalized spacial score (nSPS) is 10.3. The van der Waals surface area contributed by atoms with Crippen molar-refractivity contribution in [3.8, 4) is 0 Å². The van der Waals surface area contributed by atoms with E-state index < -0.39 is 0 Å². The minimum absolute atomic E-state index is 0.891. The largest absolute Gasteiger partial charge is 0.381 e. The van der Waals surface area contributed by atoms with Crippen molar-refractivity contribution in [1.29, 1.82) is 0 Å². The van der Waals surface area contributed by atoms with Crippen LogP contribution in [0.1, 0.15) is 18.1 Å². The molecule has 2 rings (SSSR count). The van der Waals surface area contributed by atoms with Crippen molar-refractivity contribution in [2.45, 2.75) is 24.8 Å². The van der Waals surface area contributed by atoms with Gasteiger partial charge in [0.05, 0.1) is 0 Å². The topological polar surface area (TPSA) is 12.0 Å². The lowest BCUT2D eigenvalue weighted by atomic mass is 10.1. The lowest BCUT2D eigenvalue weighted by Crippen LogP contribution is -2.02. The zero-order valence-corrected chi connectivity index (χ0v) is 11.8. The van der Waals surface area contributed by atoms with Crippen LogP contribution >= 0.6 is 11.8 Å². The predicted molar refractivity (Wildman–Crippen MR) is 81.4 cm³/mol. The Bertz CT molecular complexity index is 491. The zero-order valence-electron chi connectivity index (χ0n) is 10.9. The fourth-order valence-corrected chi connectivity index (χ4v) is 2.39. The quantitative estimate of drug-likeness (QED) is 0.787. The van der Waals surface area contributed by atoms with Crippen LogP contribution in [0.3, 0.4) is 0 Å². The van der Waals surface area contributed by atoms with Crippen LogP contribution in [-0.4, -0.2) is 6.26 Å². The van der Waals surface area contributed by atoms with Crippen LogP contribution in [0.2, 0.25) is 0 Å². The molecule has 0 bridgehead atoms. The van der Waals surface area contributed by atoms with E-state index >= 15 is 0 Å². The van der Waals surface area contributed by atoms with E-state index in [1.807, 2.05) is 0 Å². The van der Waals surface area contributed by atoms with E-state index in [2.05, 4.69) is 67.0 Å². The van der Waals surface area contributed by atoms with Crippen LogP contribution in [0, 0.1) is 0 Å². The molecule has 0 radical (unpaired) electrons. The first-order valence-electron chi connectivity index (χ1n) is 6.28. The highest BCUT2D eigenvalue weighted by Gasteiger charge is 1.99. The molecule has 0 aliphatic rings. The molecule has 0 fully saturated rings. The van der Waals surface area contributed by atoms with E-state index in [9.17, 15) is 0 Å². The van der Waals surface area contributed by atoms with E-state index in [4.69, 9.17) is 0 Å². The Morgan fingerprint density at radius 2 is 1.61 bits per heavy atom. The van der Waals surface area contributed by atoms with Gasteiger partial charge in [-0.3, -0.25) is 0 Å². The van der Waals surface area contributed by atoms with Crippen molar-refractivity contribution in [3.05, 3.63) is 59.7 Å². The number of rotatable bonds is 5. The van der Waals surface area contributed by atoms with Crippen molar-refractivity contribution in [1.82, 2.24) is 0 Å². The van der Waals surface area contributed by atoms with Crippen LogP contribution < -0.4 is 5.32 Å². The Kier molecular flexibility index (Phi) is 4.71. The maximum absolute atomic E-state index is 3.48. The summed E-state index contributed by atoms with van der Waals surface area (Å²) in [6.07, 6.45) is 3.18. The van der Waals surface area contributed by atoms with E-state index in [-0.39, 0.29) is 0 Å². The van der Waals surface area contributed by atoms with E-state index in [0.29, 0.717) is 0 Å². The second kappa shape index (κ2) is 6.50. The third-order valence-electron chi connectivity index (χ3n) is 3.07. The molecule has 0 aromatic heterocycles. The van der Waals surface area contributed by atoms with Crippen molar-refractivity contribution < 1.29 is 0 Å². The fourth-order valence-electron chi connectivity index (χ4n) is 1.98. The molecule has 0 amide bonds. The minimum atomic E-state index is 0.891. The first kappa shape index (κ1) is 13.0. The standard InChI is InChI=1S/C16H19NS/c1-3-13-6-4-5-7-14(13)12-17-15-8-10-16(18-2)11-9-15/h4-11,17H,3,12H2,1-2H3. The van der Waals surface area contributed by atoms with Crippen molar-refractivity contribution >= 4 is 17.4 Å². The molecule has 0 heterocycles. The predicted octanol–water partition coefficient (Wildman–Crippen LogP) is 4.58. The Hall–Kier alpha value is -1.41. The molecule has 0 saturated heterocycles. The number of anilines is 1. The summed E-state index contributed by atoms with van der Waals surface area (Å²) in [5.74, 6) is 0. The summed E-state index contributed by atoms with van der Waals surface area (Å²) in [5, 5.41) is 3.48. The van der Waals surface area contributed by atoms with E-state index in [1.165, 1.54) is 21.7 Å². The monoisotopic (exact) mass is 257 g/mol. The third-order valence-corrected chi connectivity index (χ3v) is 3.82. The zero-order chi connectivity index (χ0) is 12.8. The molecule has 2 aromatic carbocycles. The van der Waals surface area contributed by atoms with Crippen LogP contribution in [0.5, 0.6) is 0 Å². The summed E-state index contributed by atoms with van der Waals surface area (Å²) in [6, 6.07) is 17.2. The summed E-state index contributed by atoms with van der Waals surface area (Å²) in [5.41, 5.74) is 3.98. The lowest BCUT2D eigenvalue weighted by Gasteiger charge is -2.10. The number of hydrogen-bond donors (Lipinski definition) is 1. The molecule has 0 atom stereocenters. The molecular weight excluding hydrogens is 238 g/mol. The van der Waals surface area contributed by atoms with Crippen LogP contribution in [0.15, 0.2) is 53.4 Å². The number of aryl methyl sites for hydroxylation is 1. The third kappa shape index (κ3) is 3.30. The minimum Gasteiger partial charge on any atom is -0.381 e. The van der Waals surface area contributed by atoms with Gasteiger partial charge in [0.25, 0.3) is 0 Å². The van der Waals surface area contributed by atoms with E-state index in [1.54, 1.807) is 11.8 Å². The molecular formula is C16H19NS. The van der Waals surface area contributed by atoms with Crippen molar-refractivity contribution in [2.24, 2.45) is 0 Å². The van der Waals surface area contributed by atoms with Gasteiger partial charge >= 0.3 is 0 Å². The fraction of sp³-hybridized carbons (Fsp3) is 0.250. The van der Waals surface area contributed by atoms with Gasteiger partial charge in [0.15, 0.2) is 0 Å². The summed E-state index contributed by atoms with van der Waals surface area (Å²) in [6.45, 7) is 3.09. The second-order valence-corrected chi connectivity index (χ2v) is 5.08. The highest BCUT2D eigenvalue weighted by molar-refractivity contribution is 7.98. The van der Waals surface area contributed by atoms with Gasteiger partial charge in [-0.15, -0.1) is 11.8 Å². The molecule has 0 unspecified atom stereocenters. The highest BCUT2D eigenvalue weighted by atomic mass is 32.2. The molecule has 94 valence electrons. The van der Waals surface area contributed by atoms with Crippen LogP contribution in [0.4, 0.5) is 5.69 Å². The maximum atomic E-state index is 3.48. The number of benzene rings is 2. The Labute approximate surface area is 114 Å². The van der Waals surface area contributed by atoms with Crippen LogP contribution in [-0.2, 0) is 13.0 Å². The second-order valence-electron chi connectivity index (χ2n) is 4.20. The van der Waals surface area contributed by atoms with E-state index in [0.717, 1.165) is 13.0 Å². The summed E-state index contributed by atoms with van der Waals surface area (Å²) in [4.78, 5) is 1.30. The SMILES string of the molecule is CCc1ccccc1CNc1ccc(SC)cc1. The molecule has 0 saturated carbocycles. The molecule has 1 nitrogen and oxygen atoms in total. The van der Waals surface area contributed by atoms with Gasteiger partial charge in [0, 0.05) is 17.1 Å². The number of thioether (sulfide) groups is 1. The first-order valence-corrected chi connectivity index (χ1v) is 7.50. The smallest absolute Gasteiger partial charge is 0.0403 e. The molecule has 1 N–H and O–H groups in total. The van der Waals surface area contributed by atoms with Gasteiger partial charge in [-0.05, 0) is 48.1 Å². The molecule has 0 aliphatic heterocycles. The summed E-state index contributed by atoms with van der Waals surface area (Å²) >= 11 is 1.77. The lowest BCUT2D eigenvalue weighted by molar-refractivity contribution is 1.04. The number of hydrogen-bond acceptors (Lipinski definition) is 2. The summed E-state index contributed by atoms with van der Waals surface area (Å²) in [7, 11) is 0. The Morgan fingerprint density at radius 1 is 0.944 bits per heavy atom. The summed E-state index contributed by atoms with van der Waals surface area (Å²) < 4.78 is 0. The molecule has 2 heteroatoms. The van der Waals surface area contributed by atoms with Crippen molar-refractivity contribution in [2.75, 3.05) is 11.6 Å². The first-order chi connectivity index (χ1) is 8.83. The maximum Gasteiger partial charge on any atom is 0.0403 e. The van der Waals surface area contributed by atoms with Gasteiger partial charge in [-0.2, -0.15) is 0 Å². The van der Waals surface area contributed by atoms with Gasteiger partial charge in [0.1, 0.15) is 0 Å². The van der Waals surface area contributed by atoms with Gasteiger partial charge in [-0.25, -0.2) is 0 Å². The Balaban J connectivity index is 2.02. The molecule has 18 heavy (non-hydrogen) atoms. The average Bonchev–Trinajstić information content (AvgIpc) is 2.46. The molecule has 0 aliphatic carbocycles. The number of nitrogens with one attached hydrogen (secondary N) is 1. The van der Waals surface area contributed by atoms with Crippen LogP contribution in [0.25, 0.3) is 0 Å². The average molecular weight is 257 g/mol. The highest BCUT2D eigenvalue weighted by Crippen LogP contribution is 2.18. The van der Waals surface area contributed by atoms with Gasteiger partial charge < -0.3 is 5.32 Å². The van der Waals surface area contributed by atoms with Gasteiger partial charge in [-0.1, -0.05) is 31.2 Å². The molecule has 2 aromatic rings. The Morgan fingerprint density at radius 3 is 2.22 bits per heavy atom. The van der Waals surface area contributed by atoms with Gasteiger partial charge in [0.2, 0.25) is 0 Å². The van der Waals surface area contributed by atoms with Crippen molar-refractivity contribution in [3.63, 3.8) is 0 Å².